The highest BCUT2D eigenvalue weighted by Crippen LogP contribution is 2.38. The van der Waals surface area contributed by atoms with Crippen molar-refractivity contribution < 1.29 is 14.3 Å². The number of nitrogens with zero attached hydrogens (tertiary/aromatic N) is 5. The second-order valence-corrected chi connectivity index (χ2v) is 16.0. The third-order valence-corrected chi connectivity index (χ3v) is 11.0. The molecular weight excluding hydrogens is 651 g/mol. The molecule has 5 rings (SSSR count). The van der Waals surface area contributed by atoms with Crippen molar-refractivity contribution in [3.8, 4) is 28.7 Å². The van der Waals surface area contributed by atoms with Gasteiger partial charge in [0.1, 0.15) is 23.1 Å². The molecule has 3 aromatic rings. The van der Waals surface area contributed by atoms with Crippen molar-refractivity contribution in [3.05, 3.63) is 91.9 Å². The Hall–Kier alpha value is -4.39. The van der Waals surface area contributed by atoms with Gasteiger partial charge in [0.15, 0.2) is 0 Å². The lowest BCUT2D eigenvalue weighted by Crippen LogP contribution is -2.54. The topological polar surface area (TPSA) is 91.0 Å². The normalized spacial score (nSPS) is 18.7. The fourth-order valence-electron chi connectivity index (χ4n) is 7.98. The smallest absolute Gasteiger partial charge is 0.264 e. The summed E-state index contributed by atoms with van der Waals surface area (Å²) in [6.45, 7) is 21.5. The van der Waals surface area contributed by atoms with Crippen LogP contribution in [0.3, 0.4) is 0 Å². The summed E-state index contributed by atoms with van der Waals surface area (Å²) in [4.78, 5) is 33.1. The number of aryl methyl sites for hydroxylation is 1. The highest BCUT2D eigenvalue weighted by atomic mass is 16.5. The predicted octanol–water partition coefficient (Wildman–Crippen LogP) is 6.97. The third-order valence-electron chi connectivity index (χ3n) is 11.0. The zero-order valence-electron chi connectivity index (χ0n) is 33.1. The molecule has 3 heterocycles. The summed E-state index contributed by atoms with van der Waals surface area (Å²) in [7, 11) is 5.20. The molecule has 0 aliphatic carbocycles. The van der Waals surface area contributed by atoms with Crippen molar-refractivity contribution in [2.75, 3.05) is 40.4 Å². The number of carbonyl (C=O) groups is 1. The lowest BCUT2D eigenvalue weighted by Gasteiger charge is -2.44. The van der Waals surface area contributed by atoms with Crippen molar-refractivity contribution in [2.24, 2.45) is 18.4 Å². The zero-order valence-corrected chi connectivity index (χ0v) is 33.1. The van der Waals surface area contributed by atoms with Crippen molar-refractivity contribution in [1.82, 2.24) is 19.3 Å². The first-order valence-electron chi connectivity index (χ1n) is 18.5. The van der Waals surface area contributed by atoms with Gasteiger partial charge in [0.05, 0.1) is 25.8 Å². The molecule has 0 N–H and O–H groups in total. The molecule has 2 unspecified atom stereocenters. The lowest BCUT2D eigenvalue weighted by molar-refractivity contribution is -0.129. The number of amides is 1. The molecule has 2 aromatic carbocycles. The van der Waals surface area contributed by atoms with Crippen LogP contribution in [0.4, 0.5) is 0 Å². The average Bonchev–Trinajstić information content (AvgIpc) is 3.11. The van der Waals surface area contributed by atoms with Crippen LogP contribution in [0.5, 0.6) is 11.5 Å². The number of ether oxygens (including phenoxy) is 2. The SMILES string of the molecule is COc1cc(-c2cn(C)c(=O)c(C)c2C)cc(OC)c1CN1CCN(Cc2cccc3c2CCN(C(=O)/C(C#N)=C/C(C)(C)C)C3C)C(C(C)C)C1. The van der Waals surface area contributed by atoms with Crippen LogP contribution < -0.4 is 15.0 Å². The molecule has 0 radical (unpaired) electrons. The Balaban J connectivity index is 1.35. The van der Waals surface area contributed by atoms with Crippen LogP contribution in [0.25, 0.3) is 11.1 Å². The van der Waals surface area contributed by atoms with Gasteiger partial charge in [0.25, 0.3) is 11.5 Å². The van der Waals surface area contributed by atoms with E-state index < -0.39 is 0 Å². The minimum Gasteiger partial charge on any atom is -0.496 e. The number of hydrogen-bond acceptors (Lipinski definition) is 7. The molecule has 1 fully saturated rings. The summed E-state index contributed by atoms with van der Waals surface area (Å²) in [5.41, 5.74) is 8.46. The van der Waals surface area contributed by atoms with E-state index in [9.17, 15) is 14.9 Å². The van der Waals surface area contributed by atoms with E-state index in [1.54, 1.807) is 31.9 Å². The number of carbonyl (C=O) groups excluding carboxylic acids is 1. The van der Waals surface area contributed by atoms with E-state index in [2.05, 4.69) is 67.0 Å². The van der Waals surface area contributed by atoms with Gasteiger partial charge in [0, 0.05) is 69.7 Å². The molecular formula is C43H57N5O4. The van der Waals surface area contributed by atoms with Crippen LogP contribution in [-0.4, -0.2) is 71.6 Å². The fourth-order valence-corrected chi connectivity index (χ4v) is 7.98. The summed E-state index contributed by atoms with van der Waals surface area (Å²) in [5.74, 6) is 1.81. The molecule has 52 heavy (non-hydrogen) atoms. The molecule has 0 spiro atoms. The number of hydrogen-bond donors (Lipinski definition) is 0. The number of piperazine rings is 1. The van der Waals surface area contributed by atoms with Crippen LogP contribution in [0.2, 0.25) is 0 Å². The molecule has 1 saturated heterocycles. The van der Waals surface area contributed by atoms with E-state index in [1.165, 1.54) is 16.7 Å². The van der Waals surface area contributed by atoms with Gasteiger partial charge in [0.2, 0.25) is 0 Å². The Morgan fingerprint density at radius 3 is 2.31 bits per heavy atom. The lowest BCUT2D eigenvalue weighted by atomic mass is 9.88. The monoisotopic (exact) mass is 707 g/mol. The van der Waals surface area contributed by atoms with Crippen molar-refractivity contribution in [3.63, 3.8) is 0 Å². The maximum absolute atomic E-state index is 13.5. The molecule has 1 aromatic heterocycles. The molecule has 0 saturated carbocycles. The van der Waals surface area contributed by atoms with Crippen LogP contribution in [0.15, 0.2) is 53.0 Å². The molecule has 1 amide bonds. The van der Waals surface area contributed by atoms with Gasteiger partial charge < -0.3 is 18.9 Å². The first-order chi connectivity index (χ1) is 24.6. The van der Waals surface area contributed by atoms with Crippen LogP contribution >= 0.6 is 0 Å². The van der Waals surface area contributed by atoms with Gasteiger partial charge >= 0.3 is 0 Å². The second kappa shape index (κ2) is 15.7. The number of benzene rings is 2. The van der Waals surface area contributed by atoms with Gasteiger partial charge in [-0.25, -0.2) is 0 Å². The number of pyridine rings is 1. The van der Waals surface area contributed by atoms with E-state index >= 15 is 0 Å². The number of allylic oxidation sites excluding steroid dienone is 1. The quantitative estimate of drug-likeness (QED) is 0.175. The molecule has 9 heteroatoms. The first-order valence-corrected chi connectivity index (χ1v) is 18.5. The van der Waals surface area contributed by atoms with Crippen molar-refractivity contribution >= 4 is 5.91 Å². The molecule has 2 aliphatic rings. The summed E-state index contributed by atoms with van der Waals surface area (Å²) in [5, 5.41) is 9.81. The third kappa shape index (κ3) is 7.99. The maximum atomic E-state index is 13.5. The highest BCUT2D eigenvalue weighted by molar-refractivity contribution is 5.97. The van der Waals surface area contributed by atoms with E-state index in [1.807, 2.05) is 45.7 Å². The Bertz CT molecular complexity index is 1920. The van der Waals surface area contributed by atoms with E-state index in [4.69, 9.17) is 9.47 Å². The summed E-state index contributed by atoms with van der Waals surface area (Å²) in [6.07, 6.45) is 4.45. The van der Waals surface area contributed by atoms with Gasteiger partial charge in [-0.1, -0.05) is 58.9 Å². The fraction of sp³-hybridized carbons (Fsp3) is 0.512. The standard InChI is InChI=1S/C43H57N5O4/c1-27(2)38-26-46(25-37-39(51-10)19-32(20-40(37)52-11)36-24-45(9)41(49)29(4)28(36)3)17-18-47(38)23-31-13-12-14-34-30(5)48(16-15-35(31)34)42(50)33(22-44)21-43(6,7)8/h12-14,19-21,24,27,30,38H,15-18,23,25-26H2,1-11H3/b33-21+. The van der Waals surface area contributed by atoms with E-state index in [0.29, 0.717) is 25.0 Å². The Morgan fingerprint density at radius 2 is 1.71 bits per heavy atom. The van der Waals surface area contributed by atoms with Gasteiger partial charge in [-0.05, 0) is 78.5 Å². The van der Waals surface area contributed by atoms with Crippen molar-refractivity contribution in [1.29, 1.82) is 5.26 Å². The second-order valence-electron chi connectivity index (χ2n) is 16.0. The molecule has 2 atom stereocenters. The van der Waals surface area contributed by atoms with Gasteiger partial charge in [-0.15, -0.1) is 0 Å². The number of fused-ring (bicyclic) bond motifs is 1. The molecule has 0 bridgehead atoms. The maximum Gasteiger partial charge on any atom is 0.264 e. The number of nitriles is 1. The molecule has 9 nitrogen and oxygen atoms in total. The highest BCUT2D eigenvalue weighted by Gasteiger charge is 2.34. The summed E-state index contributed by atoms with van der Waals surface area (Å²) in [6, 6.07) is 13.0. The summed E-state index contributed by atoms with van der Waals surface area (Å²) < 4.78 is 13.6. The Labute approximate surface area is 310 Å². The van der Waals surface area contributed by atoms with Crippen LogP contribution in [0.1, 0.15) is 81.0 Å². The number of aromatic nitrogens is 1. The number of rotatable bonds is 9. The predicted molar refractivity (Wildman–Crippen MR) is 207 cm³/mol. The van der Waals surface area contributed by atoms with E-state index in [0.717, 1.165) is 71.9 Å². The average molecular weight is 708 g/mol. The van der Waals surface area contributed by atoms with Crippen molar-refractivity contribution in [2.45, 2.75) is 87.0 Å². The Morgan fingerprint density at radius 1 is 1.04 bits per heavy atom. The molecule has 278 valence electrons. The number of methoxy groups -OCH3 is 2. The summed E-state index contributed by atoms with van der Waals surface area (Å²) >= 11 is 0. The minimum atomic E-state index is -0.255. The van der Waals surface area contributed by atoms with Crippen LogP contribution in [0, 0.1) is 36.5 Å². The zero-order chi connectivity index (χ0) is 38.1. The van der Waals surface area contributed by atoms with Gasteiger partial charge in [-0.2, -0.15) is 5.26 Å². The largest absolute Gasteiger partial charge is 0.496 e. The van der Waals surface area contributed by atoms with Gasteiger partial charge in [-0.3, -0.25) is 19.4 Å². The minimum absolute atomic E-state index is 0.00956. The molecule has 2 aliphatic heterocycles. The Kier molecular flexibility index (Phi) is 11.7. The van der Waals surface area contributed by atoms with Crippen LogP contribution in [-0.2, 0) is 31.4 Å². The first kappa shape index (κ1) is 38.8. The van der Waals surface area contributed by atoms with E-state index in [-0.39, 0.29) is 28.5 Å².